The Labute approximate surface area is 151 Å². The molecule has 0 aromatic rings. The average molecular weight is 351 g/mol. The fraction of sp³-hybridized carbons (Fsp3) is 0.842. The van der Waals surface area contributed by atoms with E-state index in [2.05, 4.69) is 29.5 Å². The van der Waals surface area contributed by atoms with Crippen molar-refractivity contribution >= 4 is 17.8 Å². The van der Waals surface area contributed by atoms with Gasteiger partial charge in [-0.3, -0.25) is 19.5 Å². The maximum Gasteiger partial charge on any atom is 0.229 e. The van der Waals surface area contributed by atoms with E-state index in [1.54, 1.807) is 7.05 Å². The molecule has 6 heteroatoms. The number of carbonyl (C=O) groups excluding carboxylic acids is 2. The van der Waals surface area contributed by atoms with Gasteiger partial charge in [0, 0.05) is 39.5 Å². The van der Waals surface area contributed by atoms with Crippen molar-refractivity contribution in [2.45, 2.75) is 65.2 Å². The highest BCUT2D eigenvalue weighted by Crippen LogP contribution is 2.42. The summed E-state index contributed by atoms with van der Waals surface area (Å²) in [5.74, 6) is 1.35. The second-order valence-electron chi connectivity index (χ2n) is 7.95. The third-order valence-electron chi connectivity index (χ3n) is 5.37. The van der Waals surface area contributed by atoms with E-state index in [4.69, 9.17) is 0 Å². The molecular formula is C19H34N4O2. The van der Waals surface area contributed by atoms with Crippen molar-refractivity contribution in [1.82, 2.24) is 15.5 Å². The molecule has 0 aromatic heterocycles. The maximum absolute atomic E-state index is 11.8. The van der Waals surface area contributed by atoms with E-state index < -0.39 is 0 Å². The van der Waals surface area contributed by atoms with Gasteiger partial charge in [-0.25, -0.2) is 0 Å². The molecule has 0 bridgehead atoms. The average Bonchev–Trinajstić information content (AvgIpc) is 3.01. The smallest absolute Gasteiger partial charge is 0.229 e. The molecule has 0 spiro atoms. The minimum atomic E-state index is -0.0529. The summed E-state index contributed by atoms with van der Waals surface area (Å²) in [6, 6.07) is 0. The predicted molar refractivity (Wildman–Crippen MR) is 100 cm³/mol. The van der Waals surface area contributed by atoms with Crippen LogP contribution >= 0.6 is 0 Å². The van der Waals surface area contributed by atoms with Crippen LogP contribution in [-0.4, -0.2) is 49.4 Å². The van der Waals surface area contributed by atoms with Crippen LogP contribution in [0.15, 0.2) is 4.99 Å². The van der Waals surface area contributed by atoms with E-state index in [1.807, 2.05) is 0 Å². The predicted octanol–water partition coefficient (Wildman–Crippen LogP) is 2.30. The highest BCUT2D eigenvalue weighted by atomic mass is 16.2. The quantitative estimate of drug-likeness (QED) is 0.420. The second-order valence-corrected chi connectivity index (χ2v) is 7.95. The first kappa shape index (κ1) is 19.7. The Balaban J connectivity index is 1.78. The summed E-state index contributed by atoms with van der Waals surface area (Å²) in [6.07, 6.45) is 8.10. The summed E-state index contributed by atoms with van der Waals surface area (Å²) in [4.78, 5) is 29.3. The highest BCUT2D eigenvalue weighted by Gasteiger charge is 2.34. The molecule has 2 aliphatic rings. The van der Waals surface area contributed by atoms with Gasteiger partial charge in [0.25, 0.3) is 0 Å². The van der Waals surface area contributed by atoms with Crippen LogP contribution in [0.1, 0.15) is 65.2 Å². The number of rotatable bonds is 7. The Bertz CT molecular complexity index is 480. The van der Waals surface area contributed by atoms with Gasteiger partial charge in [-0.05, 0) is 37.0 Å². The number of hydrogen-bond donors (Lipinski definition) is 2. The zero-order valence-electron chi connectivity index (χ0n) is 16.1. The van der Waals surface area contributed by atoms with Gasteiger partial charge in [0.1, 0.15) is 0 Å². The normalized spacial score (nSPS) is 21.1. The Kier molecular flexibility index (Phi) is 7.26. The molecule has 1 heterocycles. The molecule has 1 aliphatic carbocycles. The molecule has 1 aliphatic heterocycles. The van der Waals surface area contributed by atoms with Gasteiger partial charge in [0.15, 0.2) is 5.96 Å². The number of nitrogens with one attached hydrogen (secondary N) is 2. The zero-order valence-corrected chi connectivity index (χ0v) is 16.1. The number of likely N-dealkylation sites (tertiary alicyclic amines) is 1. The van der Waals surface area contributed by atoms with E-state index in [-0.39, 0.29) is 11.8 Å². The fourth-order valence-corrected chi connectivity index (χ4v) is 4.27. The first-order valence-corrected chi connectivity index (χ1v) is 9.73. The lowest BCUT2D eigenvalue weighted by molar-refractivity contribution is -0.147. The minimum Gasteiger partial charge on any atom is -0.356 e. The molecular weight excluding hydrogens is 316 g/mol. The molecule has 142 valence electrons. The first-order chi connectivity index (χ1) is 12.0. The monoisotopic (exact) mass is 350 g/mol. The molecule has 1 saturated carbocycles. The summed E-state index contributed by atoms with van der Waals surface area (Å²) in [5, 5.41) is 6.71. The summed E-state index contributed by atoms with van der Waals surface area (Å²) >= 11 is 0. The number of aliphatic imine (C=N–C) groups is 1. The van der Waals surface area contributed by atoms with Crippen LogP contribution in [0.3, 0.4) is 0 Å². The van der Waals surface area contributed by atoms with Crippen LogP contribution in [0.25, 0.3) is 0 Å². The third kappa shape index (κ3) is 5.72. The Hall–Kier alpha value is -1.59. The summed E-state index contributed by atoms with van der Waals surface area (Å²) in [5.41, 5.74) is 0.380. The number of nitrogens with zero attached hydrogens (tertiary/aromatic N) is 2. The van der Waals surface area contributed by atoms with Crippen molar-refractivity contribution in [3.05, 3.63) is 0 Å². The van der Waals surface area contributed by atoms with Gasteiger partial charge in [-0.1, -0.05) is 26.7 Å². The molecule has 6 nitrogen and oxygen atoms in total. The van der Waals surface area contributed by atoms with E-state index in [0.29, 0.717) is 43.7 Å². The van der Waals surface area contributed by atoms with Crippen molar-refractivity contribution in [2.24, 2.45) is 16.3 Å². The van der Waals surface area contributed by atoms with Crippen molar-refractivity contribution in [3.63, 3.8) is 0 Å². The van der Waals surface area contributed by atoms with Crippen molar-refractivity contribution < 1.29 is 9.59 Å². The van der Waals surface area contributed by atoms with Gasteiger partial charge < -0.3 is 10.6 Å². The highest BCUT2D eigenvalue weighted by molar-refractivity contribution is 5.97. The lowest BCUT2D eigenvalue weighted by Gasteiger charge is -2.32. The Morgan fingerprint density at radius 1 is 1.12 bits per heavy atom. The molecule has 1 saturated heterocycles. The second kappa shape index (κ2) is 9.20. The summed E-state index contributed by atoms with van der Waals surface area (Å²) in [7, 11) is 1.76. The number of guanidine groups is 1. The molecule has 2 N–H and O–H groups in total. The molecule has 0 unspecified atom stereocenters. The number of imide groups is 1. The van der Waals surface area contributed by atoms with Crippen LogP contribution in [0, 0.1) is 11.3 Å². The van der Waals surface area contributed by atoms with Gasteiger partial charge in [-0.2, -0.15) is 0 Å². The van der Waals surface area contributed by atoms with Crippen molar-refractivity contribution in [1.29, 1.82) is 0 Å². The SMILES string of the molecule is CN=C(NCCN1C(=O)CCCC1=O)NCC1(CC(C)C)CCCC1. The van der Waals surface area contributed by atoms with Gasteiger partial charge in [0.05, 0.1) is 0 Å². The number of hydrogen-bond acceptors (Lipinski definition) is 3. The molecule has 0 atom stereocenters. The maximum atomic E-state index is 11.8. The van der Waals surface area contributed by atoms with E-state index in [0.717, 1.165) is 12.5 Å². The molecule has 0 radical (unpaired) electrons. The van der Waals surface area contributed by atoms with E-state index >= 15 is 0 Å². The minimum absolute atomic E-state index is 0.0529. The van der Waals surface area contributed by atoms with Gasteiger partial charge in [-0.15, -0.1) is 0 Å². The number of carbonyl (C=O) groups is 2. The van der Waals surface area contributed by atoms with Crippen LogP contribution in [-0.2, 0) is 9.59 Å². The Morgan fingerprint density at radius 3 is 2.32 bits per heavy atom. The molecule has 0 aromatic carbocycles. The molecule has 2 rings (SSSR count). The van der Waals surface area contributed by atoms with Crippen LogP contribution < -0.4 is 10.6 Å². The van der Waals surface area contributed by atoms with Gasteiger partial charge >= 0.3 is 0 Å². The van der Waals surface area contributed by atoms with Crippen molar-refractivity contribution in [2.75, 3.05) is 26.7 Å². The van der Waals surface area contributed by atoms with Crippen molar-refractivity contribution in [3.8, 4) is 0 Å². The van der Waals surface area contributed by atoms with Crippen LogP contribution in [0.5, 0.6) is 0 Å². The summed E-state index contributed by atoms with van der Waals surface area (Å²) in [6.45, 7) is 6.47. The third-order valence-corrected chi connectivity index (χ3v) is 5.37. The lowest BCUT2D eigenvalue weighted by atomic mass is 9.78. The van der Waals surface area contributed by atoms with E-state index in [1.165, 1.54) is 37.0 Å². The first-order valence-electron chi connectivity index (χ1n) is 9.73. The molecule has 25 heavy (non-hydrogen) atoms. The zero-order chi connectivity index (χ0) is 18.3. The largest absolute Gasteiger partial charge is 0.356 e. The van der Waals surface area contributed by atoms with E-state index in [9.17, 15) is 9.59 Å². The standard InChI is InChI=1S/C19H34N4O2/c1-15(2)13-19(9-4-5-10-19)14-22-18(20-3)21-11-12-23-16(24)7-6-8-17(23)25/h15H,4-14H2,1-3H3,(H2,20,21,22). The van der Waals surface area contributed by atoms with Crippen LogP contribution in [0.2, 0.25) is 0 Å². The van der Waals surface area contributed by atoms with Crippen LogP contribution in [0.4, 0.5) is 0 Å². The topological polar surface area (TPSA) is 73.8 Å². The lowest BCUT2D eigenvalue weighted by Crippen LogP contribution is -2.48. The molecule has 2 amide bonds. The number of amides is 2. The molecule has 2 fully saturated rings. The number of piperidine rings is 1. The van der Waals surface area contributed by atoms with Gasteiger partial charge in [0.2, 0.25) is 11.8 Å². The fourth-order valence-electron chi connectivity index (χ4n) is 4.27. The summed E-state index contributed by atoms with van der Waals surface area (Å²) < 4.78 is 0. The Morgan fingerprint density at radius 2 is 1.76 bits per heavy atom.